The van der Waals surface area contributed by atoms with Crippen LogP contribution in [0.1, 0.15) is 45.7 Å². The Bertz CT molecular complexity index is 1080. The highest BCUT2D eigenvalue weighted by molar-refractivity contribution is 8.00. The number of rotatable bonds is 7. The summed E-state index contributed by atoms with van der Waals surface area (Å²) in [6.45, 7) is 7.71. The summed E-state index contributed by atoms with van der Waals surface area (Å²) in [6.07, 6.45) is 0. The summed E-state index contributed by atoms with van der Waals surface area (Å²) < 4.78 is 0. The molecule has 0 unspecified atom stereocenters. The Morgan fingerprint density at radius 2 is 1.74 bits per heavy atom. The molecule has 0 saturated carbocycles. The molecule has 0 aliphatic heterocycles. The van der Waals surface area contributed by atoms with Gasteiger partial charge in [0.05, 0.1) is 17.4 Å². The van der Waals surface area contributed by atoms with E-state index in [1.165, 1.54) is 11.8 Å². The average Bonchev–Trinajstić information content (AvgIpc) is 2.72. The average molecular weight is 434 g/mol. The third-order valence-electron chi connectivity index (χ3n) is 4.83. The second kappa shape index (κ2) is 10.3. The maximum Gasteiger partial charge on any atom is 0.258 e. The van der Waals surface area contributed by atoms with Crippen LogP contribution in [0.25, 0.3) is 0 Å². The minimum absolute atomic E-state index is 0.0920. The number of aromatic nitrogens is 1. The molecule has 3 aromatic rings. The van der Waals surface area contributed by atoms with Gasteiger partial charge in [-0.15, -0.1) is 0 Å². The maximum absolute atomic E-state index is 13.0. The molecule has 1 atom stereocenters. The van der Waals surface area contributed by atoms with Gasteiger partial charge in [-0.1, -0.05) is 54.2 Å². The zero-order chi connectivity index (χ0) is 22.4. The van der Waals surface area contributed by atoms with Gasteiger partial charge in [-0.3, -0.25) is 9.59 Å². The SMILES string of the molecule is Cc1cccc(NC(=O)c2c(C)cc(C)nc2SCC(=O)N[C@H](C)c2ccccc2)c1. The molecule has 0 radical (unpaired) electrons. The molecular formula is C25H27N3O2S. The number of aryl methyl sites for hydroxylation is 3. The van der Waals surface area contributed by atoms with Crippen LogP contribution in [0.15, 0.2) is 65.7 Å². The van der Waals surface area contributed by atoms with Gasteiger partial charge >= 0.3 is 0 Å². The second-order valence-corrected chi connectivity index (χ2v) is 8.54. The number of hydrogen-bond acceptors (Lipinski definition) is 4. The van der Waals surface area contributed by atoms with E-state index in [-0.39, 0.29) is 23.6 Å². The summed E-state index contributed by atoms with van der Waals surface area (Å²) in [5.74, 6) is -0.152. The van der Waals surface area contributed by atoms with Crippen LogP contribution in [0.5, 0.6) is 0 Å². The van der Waals surface area contributed by atoms with Crippen molar-refractivity contribution in [1.82, 2.24) is 10.3 Å². The fraction of sp³-hybridized carbons (Fsp3) is 0.240. The maximum atomic E-state index is 13.0. The van der Waals surface area contributed by atoms with Crippen LogP contribution in [0.3, 0.4) is 0 Å². The highest BCUT2D eigenvalue weighted by Gasteiger charge is 2.19. The van der Waals surface area contributed by atoms with Gasteiger partial charge in [-0.25, -0.2) is 4.98 Å². The van der Waals surface area contributed by atoms with Crippen LogP contribution in [0.4, 0.5) is 5.69 Å². The molecule has 2 amide bonds. The quantitative estimate of drug-likeness (QED) is 0.501. The fourth-order valence-corrected chi connectivity index (χ4v) is 4.30. The minimum atomic E-state index is -0.226. The van der Waals surface area contributed by atoms with E-state index in [1.54, 1.807) is 0 Å². The van der Waals surface area contributed by atoms with Crippen LogP contribution in [0.2, 0.25) is 0 Å². The van der Waals surface area contributed by atoms with Crippen molar-refractivity contribution < 1.29 is 9.59 Å². The van der Waals surface area contributed by atoms with Gasteiger partial charge < -0.3 is 10.6 Å². The molecule has 0 aliphatic carbocycles. The zero-order valence-electron chi connectivity index (χ0n) is 18.2. The molecule has 2 N–H and O–H groups in total. The first-order valence-corrected chi connectivity index (χ1v) is 11.2. The Hall–Kier alpha value is -3.12. The first-order valence-electron chi connectivity index (χ1n) is 10.2. The van der Waals surface area contributed by atoms with E-state index >= 15 is 0 Å². The molecule has 0 spiro atoms. The number of hydrogen-bond donors (Lipinski definition) is 2. The van der Waals surface area contributed by atoms with Crippen LogP contribution < -0.4 is 10.6 Å². The lowest BCUT2D eigenvalue weighted by atomic mass is 10.1. The highest BCUT2D eigenvalue weighted by Crippen LogP contribution is 2.26. The first kappa shape index (κ1) is 22.6. The number of pyridine rings is 1. The zero-order valence-corrected chi connectivity index (χ0v) is 19.0. The van der Waals surface area contributed by atoms with Crippen molar-refractivity contribution >= 4 is 29.3 Å². The van der Waals surface area contributed by atoms with Gasteiger partial charge in [0, 0.05) is 11.4 Å². The smallest absolute Gasteiger partial charge is 0.258 e. The van der Waals surface area contributed by atoms with E-state index < -0.39 is 0 Å². The van der Waals surface area contributed by atoms with Gasteiger partial charge in [-0.05, 0) is 62.6 Å². The monoisotopic (exact) mass is 433 g/mol. The Kier molecular flexibility index (Phi) is 7.47. The predicted molar refractivity (Wildman–Crippen MR) is 127 cm³/mol. The summed E-state index contributed by atoms with van der Waals surface area (Å²) in [7, 11) is 0. The molecular weight excluding hydrogens is 406 g/mol. The molecule has 0 saturated heterocycles. The topological polar surface area (TPSA) is 71.1 Å². The van der Waals surface area contributed by atoms with Crippen molar-refractivity contribution in [1.29, 1.82) is 0 Å². The van der Waals surface area contributed by atoms with Crippen molar-refractivity contribution in [3.05, 3.63) is 88.6 Å². The van der Waals surface area contributed by atoms with E-state index in [2.05, 4.69) is 15.6 Å². The molecule has 0 fully saturated rings. The van der Waals surface area contributed by atoms with Gasteiger partial charge in [0.2, 0.25) is 5.91 Å². The lowest BCUT2D eigenvalue weighted by Gasteiger charge is -2.15. The van der Waals surface area contributed by atoms with E-state index in [4.69, 9.17) is 0 Å². The van der Waals surface area contributed by atoms with Gasteiger partial charge in [0.25, 0.3) is 5.91 Å². The number of carbonyl (C=O) groups excluding carboxylic acids is 2. The summed E-state index contributed by atoms with van der Waals surface area (Å²) in [6, 6.07) is 19.3. The van der Waals surface area contributed by atoms with E-state index in [0.717, 1.165) is 28.1 Å². The van der Waals surface area contributed by atoms with Crippen molar-refractivity contribution in [2.24, 2.45) is 0 Å². The number of nitrogens with one attached hydrogen (secondary N) is 2. The molecule has 2 aromatic carbocycles. The molecule has 160 valence electrons. The molecule has 1 aromatic heterocycles. The van der Waals surface area contributed by atoms with E-state index in [1.807, 2.05) is 88.4 Å². The Morgan fingerprint density at radius 1 is 1.00 bits per heavy atom. The predicted octanol–water partition coefficient (Wildman–Crippen LogP) is 5.23. The molecule has 1 heterocycles. The summed E-state index contributed by atoms with van der Waals surface area (Å²) >= 11 is 1.28. The van der Waals surface area contributed by atoms with Crippen LogP contribution in [-0.2, 0) is 4.79 Å². The van der Waals surface area contributed by atoms with Crippen LogP contribution >= 0.6 is 11.8 Å². The van der Waals surface area contributed by atoms with Crippen molar-refractivity contribution in [3.8, 4) is 0 Å². The number of benzene rings is 2. The number of carbonyl (C=O) groups is 2. The second-order valence-electron chi connectivity index (χ2n) is 7.57. The summed E-state index contributed by atoms with van der Waals surface area (Å²) in [5.41, 5.74) is 4.98. The third-order valence-corrected chi connectivity index (χ3v) is 5.81. The number of amides is 2. The number of thioether (sulfide) groups is 1. The van der Waals surface area contributed by atoms with Crippen LogP contribution in [-0.4, -0.2) is 22.6 Å². The largest absolute Gasteiger partial charge is 0.349 e. The van der Waals surface area contributed by atoms with Gasteiger partial charge in [0.15, 0.2) is 0 Å². The fourth-order valence-electron chi connectivity index (χ4n) is 3.34. The summed E-state index contributed by atoms with van der Waals surface area (Å²) in [4.78, 5) is 30.1. The Morgan fingerprint density at radius 3 is 2.45 bits per heavy atom. The minimum Gasteiger partial charge on any atom is -0.349 e. The number of nitrogens with zero attached hydrogens (tertiary/aromatic N) is 1. The molecule has 31 heavy (non-hydrogen) atoms. The van der Waals surface area contributed by atoms with Crippen molar-refractivity contribution in [3.63, 3.8) is 0 Å². The van der Waals surface area contributed by atoms with Gasteiger partial charge in [-0.2, -0.15) is 0 Å². The molecule has 0 aliphatic rings. The van der Waals surface area contributed by atoms with E-state index in [0.29, 0.717) is 10.6 Å². The molecule has 5 nitrogen and oxygen atoms in total. The van der Waals surface area contributed by atoms with Crippen molar-refractivity contribution in [2.45, 2.75) is 38.8 Å². The normalized spacial score (nSPS) is 11.6. The Labute approximate surface area is 187 Å². The summed E-state index contributed by atoms with van der Waals surface area (Å²) in [5, 5.41) is 6.51. The number of anilines is 1. The lowest BCUT2D eigenvalue weighted by molar-refractivity contribution is -0.119. The van der Waals surface area contributed by atoms with E-state index in [9.17, 15) is 9.59 Å². The highest BCUT2D eigenvalue weighted by atomic mass is 32.2. The molecule has 0 bridgehead atoms. The first-order chi connectivity index (χ1) is 14.8. The van der Waals surface area contributed by atoms with Crippen molar-refractivity contribution in [2.75, 3.05) is 11.1 Å². The standard InChI is InChI=1S/C25H27N3O2S/c1-16-9-8-12-21(13-16)28-24(30)23-17(2)14-18(3)26-25(23)31-15-22(29)27-19(4)20-10-6-5-7-11-20/h5-14,19H,15H2,1-4H3,(H,27,29)(H,28,30)/t19-/m1/s1. The molecule has 3 rings (SSSR count). The van der Waals surface area contributed by atoms with Gasteiger partial charge in [0.1, 0.15) is 5.03 Å². The third kappa shape index (κ3) is 6.18. The lowest BCUT2D eigenvalue weighted by Crippen LogP contribution is -2.28. The Balaban J connectivity index is 1.72. The molecule has 6 heteroatoms. The van der Waals surface area contributed by atoms with Crippen LogP contribution in [0, 0.1) is 20.8 Å².